The molecule has 3 aromatic rings. The number of nitrogens with one attached hydrogen (secondary N) is 1. The first kappa shape index (κ1) is 30.2. The second kappa shape index (κ2) is 13.6. The number of sulfonamides is 1. The van der Waals surface area contributed by atoms with Gasteiger partial charge in [-0.05, 0) is 90.0 Å². The Morgan fingerprint density at radius 3 is 2.24 bits per heavy atom. The highest BCUT2D eigenvalue weighted by atomic mass is 127. The first-order valence-electron chi connectivity index (χ1n) is 11.9. The fourth-order valence-corrected chi connectivity index (χ4v) is 5.78. The van der Waals surface area contributed by atoms with E-state index in [1.54, 1.807) is 67.6 Å². The number of hydrogen-bond acceptors (Lipinski definition) is 4. The molecule has 0 aliphatic rings. The number of hydrogen-bond donors (Lipinski definition) is 1. The number of benzene rings is 3. The highest BCUT2D eigenvalue weighted by molar-refractivity contribution is 14.1. The fourth-order valence-electron chi connectivity index (χ4n) is 3.67. The Morgan fingerprint density at radius 1 is 0.974 bits per heavy atom. The summed E-state index contributed by atoms with van der Waals surface area (Å²) in [5.74, 6) is -0.889. The highest BCUT2D eigenvalue weighted by Gasteiger charge is 2.32. The Morgan fingerprint density at radius 2 is 1.63 bits per heavy atom. The summed E-state index contributed by atoms with van der Waals surface area (Å²) in [6.45, 7) is 3.51. The summed E-state index contributed by atoms with van der Waals surface area (Å²) in [6.07, 6.45) is 0.731. The monoisotopic (exact) mass is 687 g/mol. The normalized spacial score (nSPS) is 12.0. The lowest BCUT2D eigenvalue weighted by molar-refractivity contribution is -0.139. The van der Waals surface area contributed by atoms with E-state index < -0.39 is 28.5 Å². The molecule has 0 aliphatic heterocycles. The van der Waals surface area contributed by atoms with E-state index in [1.807, 2.05) is 6.92 Å². The molecule has 0 radical (unpaired) electrons. The summed E-state index contributed by atoms with van der Waals surface area (Å²) in [4.78, 5) is 28.1. The van der Waals surface area contributed by atoms with Crippen LogP contribution in [0.15, 0.2) is 77.7 Å². The van der Waals surface area contributed by atoms with Crippen LogP contribution in [0.5, 0.6) is 0 Å². The smallest absolute Gasteiger partial charge is 0.264 e. The second-order valence-electron chi connectivity index (χ2n) is 8.54. The number of amides is 2. The van der Waals surface area contributed by atoms with Crippen molar-refractivity contribution in [3.05, 3.63) is 92.0 Å². The van der Waals surface area contributed by atoms with Crippen molar-refractivity contribution in [3.63, 3.8) is 0 Å². The molecule has 0 aromatic heterocycles. The summed E-state index contributed by atoms with van der Waals surface area (Å²) < 4.78 is 29.4. The second-order valence-corrected chi connectivity index (χ2v) is 12.5. The van der Waals surface area contributed by atoms with Gasteiger partial charge in [0.2, 0.25) is 11.8 Å². The quantitative estimate of drug-likeness (QED) is 0.261. The Bertz CT molecular complexity index is 1370. The van der Waals surface area contributed by atoms with Crippen molar-refractivity contribution in [3.8, 4) is 0 Å². The van der Waals surface area contributed by atoms with Crippen LogP contribution in [-0.4, -0.2) is 44.3 Å². The summed E-state index contributed by atoms with van der Waals surface area (Å²) >= 11 is 14.4. The molecule has 1 atom stereocenters. The molecule has 0 fully saturated rings. The largest absolute Gasteiger partial charge is 0.354 e. The molecule has 7 nitrogen and oxygen atoms in total. The van der Waals surface area contributed by atoms with Crippen LogP contribution in [0.25, 0.3) is 0 Å². The van der Waals surface area contributed by atoms with Crippen molar-refractivity contribution >= 4 is 73.3 Å². The zero-order valence-electron chi connectivity index (χ0n) is 20.9. The van der Waals surface area contributed by atoms with Crippen molar-refractivity contribution in [1.82, 2.24) is 10.2 Å². The summed E-state index contributed by atoms with van der Waals surface area (Å²) in [5, 5.41) is 3.48. The highest BCUT2D eigenvalue weighted by Crippen LogP contribution is 2.26. The van der Waals surface area contributed by atoms with Gasteiger partial charge < -0.3 is 10.2 Å². The van der Waals surface area contributed by atoms with E-state index in [-0.39, 0.29) is 17.3 Å². The van der Waals surface area contributed by atoms with Gasteiger partial charge in [-0.2, -0.15) is 0 Å². The van der Waals surface area contributed by atoms with Gasteiger partial charge in [0, 0.05) is 16.7 Å². The third kappa shape index (κ3) is 7.62. The van der Waals surface area contributed by atoms with Gasteiger partial charge in [0.15, 0.2) is 0 Å². The predicted molar refractivity (Wildman–Crippen MR) is 160 cm³/mol. The minimum atomic E-state index is -4.10. The molecule has 0 saturated heterocycles. The molecule has 11 heteroatoms. The maximum Gasteiger partial charge on any atom is 0.264 e. The van der Waals surface area contributed by atoms with Gasteiger partial charge in [0.25, 0.3) is 10.0 Å². The van der Waals surface area contributed by atoms with Crippen molar-refractivity contribution < 1.29 is 18.0 Å². The van der Waals surface area contributed by atoms with Gasteiger partial charge in [-0.25, -0.2) is 8.42 Å². The van der Waals surface area contributed by atoms with E-state index in [4.69, 9.17) is 23.2 Å². The minimum Gasteiger partial charge on any atom is -0.354 e. The van der Waals surface area contributed by atoms with Crippen molar-refractivity contribution in [2.45, 2.75) is 37.8 Å². The first-order valence-corrected chi connectivity index (χ1v) is 15.2. The van der Waals surface area contributed by atoms with Crippen LogP contribution < -0.4 is 9.62 Å². The molecular formula is C27H28Cl2IN3O4S. The third-order valence-corrected chi connectivity index (χ3v) is 9.02. The molecule has 0 aliphatic carbocycles. The average Bonchev–Trinajstić information content (AvgIpc) is 2.91. The maximum atomic E-state index is 13.8. The van der Waals surface area contributed by atoms with Crippen LogP contribution in [0, 0.1) is 3.57 Å². The molecule has 3 rings (SSSR count). The molecular weight excluding hydrogens is 660 g/mol. The van der Waals surface area contributed by atoms with Crippen LogP contribution in [0.4, 0.5) is 5.69 Å². The third-order valence-electron chi connectivity index (χ3n) is 5.78. The fraction of sp³-hybridized carbons (Fsp3) is 0.259. The van der Waals surface area contributed by atoms with Crippen LogP contribution in [-0.2, 0) is 26.2 Å². The lowest BCUT2D eigenvalue weighted by atomic mass is 10.1. The molecule has 0 unspecified atom stereocenters. The summed E-state index contributed by atoms with van der Waals surface area (Å²) in [7, 11) is -4.10. The van der Waals surface area contributed by atoms with Crippen molar-refractivity contribution in [1.29, 1.82) is 0 Å². The Balaban J connectivity index is 2.01. The molecule has 38 heavy (non-hydrogen) atoms. The predicted octanol–water partition coefficient (Wildman–Crippen LogP) is 5.74. The number of anilines is 1. The maximum absolute atomic E-state index is 13.8. The summed E-state index contributed by atoms with van der Waals surface area (Å²) in [5.41, 5.74) is 0.981. The van der Waals surface area contributed by atoms with E-state index in [0.29, 0.717) is 27.8 Å². The standard InChI is InChI=1S/C27H28Cl2IN3O4S/c1-3-15-31-27(35)19(2)32(17-20-9-14-24(28)25(29)16-20)26(34)18-33(22-12-10-21(30)11-13-22)38(36,37)23-7-5-4-6-8-23/h4-14,16,19H,3,15,17-18H2,1-2H3,(H,31,35)/t19-/m1/s1. The molecule has 1 N–H and O–H groups in total. The molecule has 0 heterocycles. The summed E-state index contributed by atoms with van der Waals surface area (Å²) in [6, 6.07) is 18.8. The molecule has 2 amide bonds. The zero-order valence-corrected chi connectivity index (χ0v) is 25.4. The molecule has 0 saturated carbocycles. The van der Waals surface area contributed by atoms with Gasteiger partial charge in [0.1, 0.15) is 12.6 Å². The lowest BCUT2D eigenvalue weighted by Gasteiger charge is -2.32. The number of rotatable bonds is 11. The Hall–Kier alpha value is -2.34. The molecule has 202 valence electrons. The molecule has 0 bridgehead atoms. The number of carbonyl (C=O) groups excluding carboxylic acids is 2. The van der Waals surface area contributed by atoms with E-state index in [2.05, 4.69) is 27.9 Å². The van der Waals surface area contributed by atoms with E-state index in [0.717, 1.165) is 14.3 Å². The van der Waals surface area contributed by atoms with Crippen molar-refractivity contribution in [2.24, 2.45) is 0 Å². The van der Waals surface area contributed by atoms with Crippen molar-refractivity contribution in [2.75, 3.05) is 17.4 Å². The Labute approximate surface area is 247 Å². The van der Waals surface area contributed by atoms with Crippen LogP contribution in [0.1, 0.15) is 25.8 Å². The minimum absolute atomic E-state index is 0.0301. The van der Waals surface area contributed by atoms with Gasteiger partial charge >= 0.3 is 0 Å². The van der Waals surface area contributed by atoms with E-state index in [1.165, 1.54) is 17.0 Å². The average molecular weight is 688 g/mol. The molecule has 3 aromatic carbocycles. The van der Waals surface area contributed by atoms with Crippen LogP contribution >= 0.6 is 45.8 Å². The van der Waals surface area contributed by atoms with E-state index >= 15 is 0 Å². The van der Waals surface area contributed by atoms with E-state index in [9.17, 15) is 18.0 Å². The van der Waals surface area contributed by atoms with Crippen LogP contribution in [0.2, 0.25) is 10.0 Å². The zero-order chi connectivity index (χ0) is 27.9. The molecule has 0 spiro atoms. The number of nitrogens with zero attached hydrogens (tertiary/aromatic N) is 2. The van der Waals surface area contributed by atoms with Gasteiger partial charge in [-0.15, -0.1) is 0 Å². The Kier molecular flexibility index (Phi) is 10.8. The topological polar surface area (TPSA) is 86.8 Å². The first-order chi connectivity index (χ1) is 18.0. The van der Waals surface area contributed by atoms with Gasteiger partial charge in [0.05, 0.1) is 20.6 Å². The lowest BCUT2D eigenvalue weighted by Crippen LogP contribution is -2.51. The number of halogens is 3. The SMILES string of the molecule is CCCNC(=O)[C@@H](C)N(Cc1ccc(Cl)c(Cl)c1)C(=O)CN(c1ccc(I)cc1)S(=O)(=O)c1ccccc1. The van der Waals surface area contributed by atoms with Crippen LogP contribution in [0.3, 0.4) is 0 Å². The van der Waals surface area contributed by atoms with Gasteiger partial charge in [-0.1, -0.05) is 54.4 Å². The van der Waals surface area contributed by atoms with Gasteiger partial charge in [-0.3, -0.25) is 13.9 Å². The number of carbonyl (C=O) groups is 2.